The quantitative estimate of drug-likeness (QED) is 0.575. The van der Waals surface area contributed by atoms with Crippen LogP contribution in [0.15, 0.2) is 28.0 Å². The fourth-order valence-electron chi connectivity index (χ4n) is 1.72. The molecule has 6 heteroatoms. The van der Waals surface area contributed by atoms with Gasteiger partial charge in [-0.05, 0) is 41.5 Å². The van der Waals surface area contributed by atoms with Gasteiger partial charge in [-0.1, -0.05) is 18.7 Å². The number of nitrogens with zero attached hydrogens (tertiary/aromatic N) is 2. The molecule has 0 fully saturated rings. The van der Waals surface area contributed by atoms with Crippen LogP contribution in [0.25, 0.3) is 0 Å². The fraction of sp³-hybridized carbons (Fsp3) is 0.429. The summed E-state index contributed by atoms with van der Waals surface area (Å²) in [7, 11) is 0. The number of thioether (sulfide) groups is 1. The first-order chi connectivity index (χ1) is 9.81. The van der Waals surface area contributed by atoms with Crippen molar-refractivity contribution in [2.45, 2.75) is 24.9 Å². The summed E-state index contributed by atoms with van der Waals surface area (Å²) in [6, 6.07) is 4.14. The lowest BCUT2D eigenvalue weighted by molar-refractivity contribution is 0.917. The Morgan fingerprint density at radius 2 is 1.95 bits per heavy atom. The van der Waals surface area contributed by atoms with Crippen LogP contribution in [0.1, 0.15) is 18.9 Å². The molecule has 0 amide bonds. The van der Waals surface area contributed by atoms with E-state index in [0.29, 0.717) is 0 Å². The van der Waals surface area contributed by atoms with Gasteiger partial charge < -0.3 is 10.6 Å². The fourth-order valence-corrected chi connectivity index (χ4v) is 2.80. The van der Waals surface area contributed by atoms with E-state index in [1.54, 1.807) is 23.1 Å². The van der Waals surface area contributed by atoms with Crippen molar-refractivity contribution >= 4 is 34.7 Å². The molecule has 0 spiro atoms. The molecule has 0 aliphatic carbocycles. The number of aromatic nitrogens is 2. The summed E-state index contributed by atoms with van der Waals surface area (Å²) in [4.78, 5) is 8.93. The largest absolute Gasteiger partial charge is 0.370 e. The van der Waals surface area contributed by atoms with Crippen LogP contribution in [-0.4, -0.2) is 29.3 Å². The van der Waals surface area contributed by atoms with Gasteiger partial charge in [-0.3, -0.25) is 0 Å². The SMILES string of the molecule is CCCNc1cc(NCCc2ccsc2)nc(SC)n1. The third-order valence-corrected chi connectivity index (χ3v) is 4.02. The Kier molecular flexibility index (Phi) is 6.14. The van der Waals surface area contributed by atoms with Gasteiger partial charge in [0.25, 0.3) is 0 Å². The summed E-state index contributed by atoms with van der Waals surface area (Å²) >= 11 is 3.30. The van der Waals surface area contributed by atoms with Crippen molar-refractivity contribution in [3.05, 3.63) is 28.5 Å². The maximum atomic E-state index is 4.48. The highest BCUT2D eigenvalue weighted by Crippen LogP contribution is 2.17. The van der Waals surface area contributed by atoms with Gasteiger partial charge in [-0.15, -0.1) is 0 Å². The molecule has 108 valence electrons. The minimum Gasteiger partial charge on any atom is -0.370 e. The van der Waals surface area contributed by atoms with E-state index < -0.39 is 0 Å². The van der Waals surface area contributed by atoms with Crippen LogP contribution in [-0.2, 0) is 6.42 Å². The van der Waals surface area contributed by atoms with Crippen LogP contribution in [0.2, 0.25) is 0 Å². The Morgan fingerprint density at radius 1 is 1.20 bits per heavy atom. The number of nitrogens with one attached hydrogen (secondary N) is 2. The van der Waals surface area contributed by atoms with Crippen LogP contribution in [0.5, 0.6) is 0 Å². The van der Waals surface area contributed by atoms with Gasteiger partial charge in [-0.25, -0.2) is 9.97 Å². The topological polar surface area (TPSA) is 49.8 Å². The summed E-state index contributed by atoms with van der Waals surface area (Å²) in [6.45, 7) is 3.96. The maximum absolute atomic E-state index is 4.48. The van der Waals surface area contributed by atoms with E-state index in [0.717, 1.165) is 42.7 Å². The molecule has 0 bridgehead atoms. The van der Waals surface area contributed by atoms with Crippen molar-refractivity contribution in [3.63, 3.8) is 0 Å². The zero-order chi connectivity index (χ0) is 14.2. The average molecular weight is 308 g/mol. The van der Waals surface area contributed by atoms with Crippen molar-refractivity contribution in [2.24, 2.45) is 0 Å². The molecule has 2 rings (SSSR count). The Balaban J connectivity index is 1.94. The lowest BCUT2D eigenvalue weighted by atomic mass is 10.2. The molecule has 0 aliphatic rings. The molecule has 2 aromatic rings. The van der Waals surface area contributed by atoms with E-state index in [9.17, 15) is 0 Å². The zero-order valence-electron chi connectivity index (χ0n) is 11.8. The van der Waals surface area contributed by atoms with Crippen LogP contribution in [0.4, 0.5) is 11.6 Å². The summed E-state index contributed by atoms with van der Waals surface area (Å²) in [6.07, 6.45) is 4.09. The van der Waals surface area contributed by atoms with Crippen LogP contribution in [0.3, 0.4) is 0 Å². The number of rotatable bonds is 8. The molecule has 2 aromatic heterocycles. The summed E-state index contributed by atoms with van der Waals surface area (Å²) in [5.41, 5.74) is 1.37. The van der Waals surface area contributed by atoms with E-state index in [-0.39, 0.29) is 0 Å². The third-order valence-electron chi connectivity index (χ3n) is 2.74. The summed E-state index contributed by atoms with van der Waals surface area (Å²) in [5, 5.41) is 11.8. The van der Waals surface area contributed by atoms with Crippen LogP contribution in [0, 0.1) is 0 Å². The van der Waals surface area contributed by atoms with Gasteiger partial charge >= 0.3 is 0 Å². The normalized spacial score (nSPS) is 10.5. The van der Waals surface area contributed by atoms with Crippen molar-refractivity contribution in [1.29, 1.82) is 0 Å². The Hall–Kier alpha value is -1.27. The van der Waals surface area contributed by atoms with Crippen molar-refractivity contribution in [2.75, 3.05) is 30.0 Å². The first-order valence-corrected chi connectivity index (χ1v) is 8.90. The van der Waals surface area contributed by atoms with Gasteiger partial charge in [0.1, 0.15) is 11.6 Å². The molecular weight excluding hydrogens is 288 g/mol. The van der Waals surface area contributed by atoms with Crippen LogP contribution < -0.4 is 10.6 Å². The Bertz CT molecular complexity index is 514. The second-order valence-corrected chi connectivity index (χ2v) is 5.91. The average Bonchev–Trinajstić information content (AvgIpc) is 2.98. The van der Waals surface area contributed by atoms with Crippen molar-refractivity contribution in [3.8, 4) is 0 Å². The second kappa shape index (κ2) is 8.11. The predicted octanol–water partition coefficient (Wildman–Crippen LogP) is 3.74. The molecule has 0 saturated heterocycles. The molecule has 0 atom stereocenters. The first kappa shape index (κ1) is 15.1. The Morgan fingerprint density at radius 3 is 2.55 bits per heavy atom. The second-order valence-electron chi connectivity index (χ2n) is 4.36. The predicted molar refractivity (Wildman–Crippen MR) is 89.1 cm³/mol. The lowest BCUT2D eigenvalue weighted by Crippen LogP contribution is -2.09. The van der Waals surface area contributed by atoms with E-state index >= 15 is 0 Å². The molecule has 0 unspecified atom stereocenters. The molecule has 20 heavy (non-hydrogen) atoms. The molecule has 0 saturated carbocycles. The standard InChI is InChI=1S/C14H20N4S2/c1-3-6-15-12-9-13(18-14(17-12)19-2)16-7-4-11-5-8-20-10-11/h5,8-10H,3-4,6-7H2,1-2H3,(H2,15,16,17,18). The zero-order valence-corrected chi connectivity index (χ0v) is 13.5. The number of thiophene rings is 1. The highest BCUT2D eigenvalue weighted by atomic mass is 32.2. The van der Waals surface area contributed by atoms with Crippen LogP contribution >= 0.6 is 23.1 Å². The highest BCUT2D eigenvalue weighted by Gasteiger charge is 2.03. The molecule has 0 aliphatic heterocycles. The number of hydrogen-bond donors (Lipinski definition) is 2. The van der Waals surface area contributed by atoms with E-state index in [1.807, 2.05) is 12.3 Å². The maximum Gasteiger partial charge on any atom is 0.191 e. The molecule has 0 radical (unpaired) electrons. The van der Waals surface area contributed by atoms with Crippen molar-refractivity contribution in [1.82, 2.24) is 9.97 Å². The number of hydrogen-bond acceptors (Lipinski definition) is 6. The van der Waals surface area contributed by atoms with Gasteiger partial charge in [0.05, 0.1) is 0 Å². The minimum absolute atomic E-state index is 0.795. The highest BCUT2D eigenvalue weighted by molar-refractivity contribution is 7.98. The molecular formula is C14H20N4S2. The third kappa shape index (κ3) is 4.68. The van der Waals surface area contributed by atoms with Gasteiger partial charge in [0.2, 0.25) is 0 Å². The summed E-state index contributed by atoms with van der Waals surface area (Å²) in [5.74, 6) is 1.78. The van der Waals surface area contributed by atoms with E-state index in [2.05, 4.69) is 44.4 Å². The summed E-state index contributed by atoms with van der Waals surface area (Å²) < 4.78 is 0. The first-order valence-electron chi connectivity index (χ1n) is 6.73. The Labute approximate surface area is 128 Å². The van der Waals surface area contributed by atoms with Gasteiger partial charge in [-0.2, -0.15) is 11.3 Å². The van der Waals surface area contributed by atoms with E-state index in [1.165, 1.54) is 5.56 Å². The molecule has 0 aromatic carbocycles. The molecule has 2 heterocycles. The molecule has 2 N–H and O–H groups in total. The monoisotopic (exact) mass is 308 g/mol. The lowest BCUT2D eigenvalue weighted by Gasteiger charge is -2.10. The van der Waals surface area contributed by atoms with Gasteiger partial charge in [0.15, 0.2) is 5.16 Å². The van der Waals surface area contributed by atoms with E-state index in [4.69, 9.17) is 0 Å². The number of anilines is 2. The smallest absolute Gasteiger partial charge is 0.191 e. The minimum atomic E-state index is 0.795. The van der Waals surface area contributed by atoms with Crippen molar-refractivity contribution < 1.29 is 0 Å². The van der Waals surface area contributed by atoms with Gasteiger partial charge in [0, 0.05) is 19.2 Å². The molecule has 4 nitrogen and oxygen atoms in total.